The fraction of sp³-hybridized carbons (Fsp3) is 0.200. The Labute approximate surface area is 190 Å². The second-order valence-electron chi connectivity index (χ2n) is 7.70. The second kappa shape index (κ2) is 9.52. The number of ether oxygens (including phenoxy) is 1. The summed E-state index contributed by atoms with van der Waals surface area (Å²) in [5.74, 6) is 0.414. The first-order chi connectivity index (χ1) is 15.9. The number of hydrogen-bond donors (Lipinski definition) is 1. The highest BCUT2D eigenvalue weighted by Gasteiger charge is 2.13. The summed E-state index contributed by atoms with van der Waals surface area (Å²) in [6.45, 7) is 0.922. The molecular formula is C25H24N4O4. The SMILES string of the molecule is Cn1c(=O)c2ccc(C(=O)NCCc3ccc(OCc4ccccc4)cc3)nc2n(C)c1=O. The lowest BCUT2D eigenvalue weighted by Gasteiger charge is -2.09. The standard InChI is InChI=1S/C25H24N4O4/c1-28-22-20(24(31)29(2)25(28)32)12-13-21(27-22)23(30)26-15-14-17-8-10-19(11-9-17)33-16-18-6-4-3-5-7-18/h3-13H,14-16H2,1-2H3,(H,26,30). The number of carbonyl (C=O) groups is 1. The normalized spacial score (nSPS) is 10.8. The summed E-state index contributed by atoms with van der Waals surface area (Å²) in [4.78, 5) is 41.2. The number of nitrogens with zero attached hydrogens (tertiary/aromatic N) is 3. The molecule has 0 unspecified atom stereocenters. The first kappa shape index (κ1) is 22.0. The van der Waals surface area contributed by atoms with Crippen molar-refractivity contribution in [3.8, 4) is 5.75 Å². The molecule has 0 radical (unpaired) electrons. The van der Waals surface area contributed by atoms with Gasteiger partial charge >= 0.3 is 5.69 Å². The van der Waals surface area contributed by atoms with Crippen molar-refractivity contribution in [3.63, 3.8) is 0 Å². The van der Waals surface area contributed by atoms with Crippen molar-refractivity contribution in [2.24, 2.45) is 14.1 Å². The molecule has 1 N–H and O–H groups in total. The molecule has 33 heavy (non-hydrogen) atoms. The van der Waals surface area contributed by atoms with Gasteiger partial charge in [0.25, 0.3) is 11.5 Å². The van der Waals surface area contributed by atoms with Gasteiger partial charge in [-0.3, -0.25) is 18.7 Å². The van der Waals surface area contributed by atoms with Crippen LogP contribution in [0.25, 0.3) is 11.0 Å². The van der Waals surface area contributed by atoms with E-state index in [0.29, 0.717) is 19.6 Å². The zero-order valence-corrected chi connectivity index (χ0v) is 18.4. The van der Waals surface area contributed by atoms with Gasteiger partial charge in [0.2, 0.25) is 0 Å². The maximum absolute atomic E-state index is 12.5. The van der Waals surface area contributed by atoms with Crippen LogP contribution in [0.3, 0.4) is 0 Å². The van der Waals surface area contributed by atoms with Crippen LogP contribution in [0.4, 0.5) is 0 Å². The fourth-order valence-corrected chi connectivity index (χ4v) is 3.48. The first-order valence-electron chi connectivity index (χ1n) is 10.5. The van der Waals surface area contributed by atoms with Gasteiger partial charge in [0.15, 0.2) is 0 Å². The van der Waals surface area contributed by atoms with Crippen LogP contribution in [0.15, 0.2) is 76.3 Å². The number of pyridine rings is 1. The molecule has 0 fully saturated rings. The predicted molar refractivity (Wildman–Crippen MR) is 125 cm³/mol. The van der Waals surface area contributed by atoms with E-state index in [-0.39, 0.29) is 22.6 Å². The lowest BCUT2D eigenvalue weighted by molar-refractivity contribution is 0.0949. The molecule has 2 aromatic carbocycles. The molecule has 0 aliphatic rings. The van der Waals surface area contributed by atoms with E-state index in [1.54, 1.807) is 0 Å². The Hall–Kier alpha value is -4.20. The number of rotatable bonds is 7. The van der Waals surface area contributed by atoms with Gasteiger partial charge in [-0.25, -0.2) is 9.78 Å². The molecule has 2 heterocycles. The van der Waals surface area contributed by atoms with Crippen molar-refractivity contribution in [1.29, 1.82) is 0 Å². The second-order valence-corrected chi connectivity index (χ2v) is 7.70. The highest BCUT2D eigenvalue weighted by Crippen LogP contribution is 2.14. The minimum Gasteiger partial charge on any atom is -0.489 e. The Morgan fingerprint density at radius 3 is 2.36 bits per heavy atom. The minimum absolute atomic E-state index is 0.149. The van der Waals surface area contributed by atoms with Gasteiger partial charge in [0.1, 0.15) is 23.7 Å². The van der Waals surface area contributed by atoms with Crippen LogP contribution in [0.1, 0.15) is 21.6 Å². The van der Waals surface area contributed by atoms with Crippen molar-refractivity contribution in [2.75, 3.05) is 6.54 Å². The molecule has 0 bridgehead atoms. The number of aryl methyl sites for hydroxylation is 1. The molecule has 1 amide bonds. The van der Waals surface area contributed by atoms with Gasteiger partial charge in [-0.15, -0.1) is 0 Å². The Morgan fingerprint density at radius 2 is 1.64 bits per heavy atom. The van der Waals surface area contributed by atoms with Crippen molar-refractivity contribution in [1.82, 2.24) is 19.4 Å². The number of benzene rings is 2. The summed E-state index contributed by atoms with van der Waals surface area (Å²) in [6, 6.07) is 20.7. The highest BCUT2D eigenvalue weighted by molar-refractivity contribution is 5.94. The number of nitrogens with one attached hydrogen (secondary N) is 1. The number of fused-ring (bicyclic) bond motifs is 1. The zero-order valence-electron chi connectivity index (χ0n) is 18.4. The van der Waals surface area contributed by atoms with Gasteiger partial charge in [0, 0.05) is 20.6 Å². The topological polar surface area (TPSA) is 95.2 Å². The van der Waals surface area contributed by atoms with Gasteiger partial charge in [-0.05, 0) is 41.8 Å². The van der Waals surface area contributed by atoms with Gasteiger partial charge in [-0.2, -0.15) is 0 Å². The number of amides is 1. The Balaban J connectivity index is 1.35. The smallest absolute Gasteiger partial charge is 0.332 e. The van der Waals surface area contributed by atoms with Crippen molar-refractivity contribution in [2.45, 2.75) is 13.0 Å². The van der Waals surface area contributed by atoms with E-state index in [0.717, 1.165) is 21.4 Å². The lowest BCUT2D eigenvalue weighted by atomic mass is 10.1. The quantitative estimate of drug-likeness (QED) is 0.472. The molecule has 8 heteroatoms. The van der Waals surface area contributed by atoms with Gasteiger partial charge in [-0.1, -0.05) is 42.5 Å². The fourth-order valence-electron chi connectivity index (χ4n) is 3.48. The molecular weight excluding hydrogens is 420 g/mol. The van der Waals surface area contributed by atoms with Crippen molar-refractivity contribution < 1.29 is 9.53 Å². The minimum atomic E-state index is -0.492. The highest BCUT2D eigenvalue weighted by atomic mass is 16.5. The average molecular weight is 444 g/mol. The summed E-state index contributed by atoms with van der Waals surface area (Å²) in [6.07, 6.45) is 0.636. The molecule has 2 aromatic heterocycles. The van der Waals surface area contributed by atoms with Crippen LogP contribution in [-0.2, 0) is 27.1 Å². The predicted octanol–water partition coefficient (Wildman–Crippen LogP) is 2.18. The maximum atomic E-state index is 12.5. The summed E-state index contributed by atoms with van der Waals surface area (Å²) in [5, 5.41) is 3.11. The summed E-state index contributed by atoms with van der Waals surface area (Å²) in [7, 11) is 2.93. The van der Waals surface area contributed by atoms with E-state index < -0.39 is 11.2 Å². The molecule has 8 nitrogen and oxygen atoms in total. The molecule has 0 spiro atoms. The monoisotopic (exact) mass is 444 g/mol. The summed E-state index contributed by atoms with van der Waals surface area (Å²) < 4.78 is 8.06. The van der Waals surface area contributed by atoms with Crippen LogP contribution in [0.2, 0.25) is 0 Å². The summed E-state index contributed by atoms with van der Waals surface area (Å²) in [5.41, 5.74) is 1.56. The third-order valence-electron chi connectivity index (χ3n) is 5.41. The van der Waals surface area contributed by atoms with E-state index in [2.05, 4.69) is 10.3 Å². The van der Waals surface area contributed by atoms with Crippen molar-refractivity contribution in [3.05, 3.63) is 104 Å². The van der Waals surface area contributed by atoms with E-state index in [1.807, 2.05) is 54.6 Å². The van der Waals surface area contributed by atoms with Crippen LogP contribution < -0.4 is 21.3 Å². The lowest BCUT2D eigenvalue weighted by Crippen LogP contribution is -2.37. The summed E-state index contributed by atoms with van der Waals surface area (Å²) >= 11 is 0. The molecule has 0 saturated heterocycles. The van der Waals surface area contributed by atoms with Crippen LogP contribution >= 0.6 is 0 Å². The first-order valence-corrected chi connectivity index (χ1v) is 10.5. The number of carbonyl (C=O) groups excluding carboxylic acids is 1. The molecule has 4 rings (SSSR count). The van der Waals surface area contributed by atoms with E-state index in [4.69, 9.17) is 4.74 Å². The Bertz CT molecular complexity index is 1410. The van der Waals surface area contributed by atoms with E-state index in [1.165, 1.54) is 30.8 Å². The molecule has 0 atom stereocenters. The maximum Gasteiger partial charge on any atom is 0.332 e. The molecule has 0 saturated carbocycles. The Morgan fingerprint density at radius 1 is 0.909 bits per heavy atom. The zero-order chi connectivity index (χ0) is 23.4. The molecule has 4 aromatic rings. The van der Waals surface area contributed by atoms with Crippen molar-refractivity contribution >= 4 is 16.9 Å². The third kappa shape index (κ3) is 4.85. The third-order valence-corrected chi connectivity index (χ3v) is 5.41. The van der Waals surface area contributed by atoms with E-state index >= 15 is 0 Å². The molecule has 168 valence electrons. The molecule has 0 aliphatic carbocycles. The largest absolute Gasteiger partial charge is 0.489 e. The molecule has 0 aliphatic heterocycles. The van der Waals surface area contributed by atoms with Crippen LogP contribution in [0.5, 0.6) is 5.75 Å². The van der Waals surface area contributed by atoms with Crippen LogP contribution in [-0.4, -0.2) is 26.6 Å². The number of hydrogen-bond acceptors (Lipinski definition) is 5. The number of aromatic nitrogens is 3. The van der Waals surface area contributed by atoms with E-state index in [9.17, 15) is 14.4 Å². The Kier molecular flexibility index (Phi) is 6.35. The van der Waals surface area contributed by atoms with Gasteiger partial charge < -0.3 is 10.1 Å². The van der Waals surface area contributed by atoms with Crippen LogP contribution in [0, 0.1) is 0 Å². The van der Waals surface area contributed by atoms with Gasteiger partial charge in [0.05, 0.1) is 5.39 Å². The average Bonchev–Trinajstić information content (AvgIpc) is 2.86.